The Kier molecular flexibility index (Phi) is 3.29. The van der Waals surface area contributed by atoms with E-state index in [1.807, 2.05) is 0 Å². The number of aromatic carboxylic acids is 1. The number of Topliss-reactive ketones (excluding diaryl/α,β-unsaturated/α-hetero) is 1. The SMILES string of the molecule is CC(=O)c1ccc(-c2ocnc2C(=O)O)cc1Br. The number of benzene rings is 1. The molecule has 1 N–H and O–H groups in total. The molecule has 0 aliphatic heterocycles. The summed E-state index contributed by atoms with van der Waals surface area (Å²) in [6.45, 7) is 1.46. The lowest BCUT2D eigenvalue weighted by atomic mass is 10.1. The second-order valence-electron chi connectivity index (χ2n) is 3.59. The molecule has 0 unspecified atom stereocenters. The molecular weight excluding hydrogens is 302 g/mol. The predicted molar refractivity (Wildman–Crippen MR) is 66.6 cm³/mol. The second kappa shape index (κ2) is 4.73. The van der Waals surface area contributed by atoms with E-state index in [4.69, 9.17) is 9.52 Å². The van der Waals surface area contributed by atoms with Crippen molar-refractivity contribution in [2.24, 2.45) is 0 Å². The molecule has 92 valence electrons. The highest BCUT2D eigenvalue weighted by Gasteiger charge is 2.18. The van der Waals surface area contributed by atoms with Gasteiger partial charge in [0, 0.05) is 15.6 Å². The first-order valence-electron chi connectivity index (χ1n) is 4.98. The Morgan fingerprint density at radius 2 is 2.11 bits per heavy atom. The molecule has 18 heavy (non-hydrogen) atoms. The van der Waals surface area contributed by atoms with Crippen molar-refractivity contribution >= 4 is 27.7 Å². The first-order chi connectivity index (χ1) is 8.50. The maximum atomic E-state index is 11.3. The van der Waals surface area contributed by atoms with Crippen LogP contribution in [-0.2, 0) is 0 Å². The van der Waals surface area contributed by atoms with Crippen LogP contribution in [0.3, 0.4) is 0 Å². The van der Waals surface area contributed by atoms with Crippen molar-refractivity contribution in [2.75, 3.05) is 0 Å². The molecule has 2 rings (SSSR count). The summed E-state index contributed by atoms with van der Waals surface area (Å²) in [5, 5.41) is 8.94. The summed E-state index contributed by atoms with van der Waals surface area (Å²) >= 11 is 3.26. The molecule has 0 atom stereocenters. The third-order valence-corrected chi connectivity index (χ3v) is 3.04. The second-order valence-corrected chi connectivity index (χ2v) is 4.44. The number of halogens is 1. The lowest BCUT2D eigenvalue weighted by Gasteiger charge is -2.03. The lowest BCUT2D eigenvalue weighted by molar-refractivity contribution is 0.0691. The molecule has 0 amide bonds. The zero-order valence-corrected chi connectivity index (χ0v) is 10.9. The van der Waals surface area contributed by atoms with Gasteiger partial charge in [0.05, 0.1) is 0 Å². The highest BCUT2D eigenvalue weighted by atomic mass is 79.9. The van der Waals surface area contributed by atoms with E-state index in [0.717, 1.165) is 6.39 Å². The van der Waals surface area contributed by atoms with E-state index >= 15 is 0 Å². The largest absolute Gasteiger partial charge is 0.476 e. The first-order valence-corrected chi connectivity index (χ1v) is 5.77. The molecule has 0 bridgehead atoms. The Morgan fingerprint density at radius 1 is 1.39 bits per heavy atom. The van der Waals surface area contributed by atoms with Crippen LogP contribution in [0, 0.1) is 0 Å². The molecule has 1 aromatic carbocycles. The Hall–Kier alpha value is -1.95. The summed E-state index contributed by atoms with van der Waals surface area (Å²) < 4.78 is 5.65. The van der Waals surface area contributed by atoms with E-state index in [1.54, 1.807) is 18.2 Å². The molecule has 0 fully saturated rings. The molecule has 0 radical (unpaired) electrons. The maximum absolute atomic E-state index is 11.3. The van der Waals surface area contributed by atoms with Gasteiger partial charge in [0.25, 0.3) is 0 Å². The van der Waals surface area contributed by atoms with E-state index in [2.05, 4.69) is 20.9 Å². The van der Waals surface area contributed by atoms with Crippen LogP contribution in [0.5, 0.6) is 0 Å². The standard InChI is InChI=1S/C12H8BrNO4/c1-6(15)8-3-2-7(4-9(8)13)11-10(12(16)17)14-5-18-11/h2-5H,1H3,(H,16,17). The number of carboxylic acids is 1. The molecule has 1 heterocycles. The molecular formula is C12H8BrNO4. The van der Waals surface area contributed by atoms with Crippen LogP contribution in [0.1, 0.15) is 27.8 Å². The average molecular weight is 310 g/mol. The van der Waals surface area contributed by atoms with E-state index < -0.39 is 5.97 Å². The Balaban J connectivity index is 2.52. The smallest absolute Gasteiger partial charge is 0.358 e. The number of aromatic nitrogens is 1. The van der Waals surface area contributed by atoms with Crippen molar-refractivity contribution in [3.8, 4) is 11.3 Å². The van der Waals surface area contributed by atoms with E-state index in [-0.39, 0.29) is 17.2 Å². The van der Waals surface area contributed by atoms with Gasteiger partial charge in [-0.1, -0.05) is 22.0 Å². The summed E-state index contributed by atoms with van der Waals surface area (Å²) in [7, 11) is 0. The van der Waals surface area contributed by atoms with Gasteiger partial charge in [0.15, 0.2) is 23.6 Å². The number of oxazole rings is 1. The van der Waals surface area contributed by atoms with Gasteiger partial charge in [0.1, 0.15) is 0 Å². The molecule has 1 aromatic heterocycles. The number of carboxylic acid groups (broad SMARTS) is 1. The number of hydrogen-bond acceptors (Lipinski definition) is 4. The fourth-order valence-corrected chi connectivity index (χ4v) is 2.20. The minimum absolute atomic E-state index is 0.0792. The molecule has 0 saturated heterocycles. The highest BCUT2D eigenvalue weighted by Crippen LogP contribution is 2.28. The monoisotopic (exact) mass is 309 g/mol. The number of rotatable bonds is 3. The van der Waals surface area contributed by atoms with Crippen molar-refractivity contribution in [3.05, 3.63) is 40.3 Å². The van der Waals surface area contributed by atoms with Crippen LogP contribution >= 0.6 is 15.9 Å². The fourth-order valence-electron chi connectivity index (χ4n) is 1.55. The molecule has 0 spiro atoms. The van der Waals surface area contributed by atoms with Gasteiger partial charge in [-0.3, -0.25) is 4.79 Å². The molecule has 2 aromatic rings. The van der Waals surface area contributed by atoms with E-state index in [1.165, 1.54) is 6.92 Å². The number of carbonyl (C=O) groups is 2. The summed E-state index contributed by atoms with van der Waals surface area (Å²) in [5.74, 6) is -1.08. The summed E-state index contributed by atoms with van der Waals surface area (Å²) in [4.78, 5) is 25.8. The minimum atomic E-state index is -1.16. The topological polar surface area (TPSA) is 80.4 Å². The van der Waals surface area contributed by atoms with Crippen LogP contribution in [0.4, 0.5) is 0 Å². The van der Waals surface area contributed by atoms with Gasteiger partial charge in [-0.2, -0.15) is 0 Å². The van der Waals surface area contributed by atoms with Gasteiger partial charge in [-0.25, -0.2) is 9.78 Å². The normalized spacial score (nSPS) is 10.3. The van der Waals surface area contributed by atoms with Gasteiger partial charge in [-0.05, 0) is 19.1 Å². The quantitative estimate of drug-likeness (QED) is 0.881. The van der Waals surface area contributed by atoms with Gasteiger partial charge >= 0.3 is 5.97 Å². The highest BCUT2D eigenvalue weighted by molar-refractivity contribution is 9.10. The first kappa shape index (κ1) is 12.5. The third-order valence-electron chi connectivity index (χ3n) is 2.38. The Bertz CT molecular complexity index is 633. The van der Waals surface area contributed by atoms with Gasteiger partial charge < -0.3 is 9.52 Å². The minimum Gasteiger partial charge on any atom is -0.476 e. The van der Waals surface area contributed by atoms with Crippen LogP contribution in [0.15, 0.2) is 33.5 Å². The molecule has 6 heteroatoms. The van der Waals surface area contributed by atoms with Crippen LogP contribution in [0.25, 0.3) is 11.3 Å². The fraction of sp³-hybridized carbons (Fsp3) is 0.0833. The van der Waals surface area contributed by atoms with Crippen molar-refractivity contribution < 1.29 is 19.1 Å². The summed E-state index contributed by atoms with van der Waals surface area (Å²) in [5.41, 5.74) is 0.911. The summed E-state index contributed by atoms with van der Waals surface area (Å²) in [6.07, 6.45) is 1.07. The van der Waals surface area contributed by atoms with Crippen molar-refractivity contribution in [3.63, 3.8) is 0 Å². The molecule has 0 saturated carbocycles. The average Bonchev–Trinajstić information content (AvgIpc) is 2.77. The Morgan fingerprint density at radius 3 is 2.67 bits per heavy atom. The number of ketones is 1. The third kappa shape index (κ3) is 2.19. The molecule has 5 nitrogen and oxygen atoms in total. The number of carbonyl (C=O) groups excluding carboxylic acids is 1. The van der Waals surface area contributed by atoms with E-state index in [9.17, 15) is 9.59 Å². The van der Waals surface area contributed by atoms with Gasteiger partial charge in [-0.15, -0.1) is 0 Å². The van der Waals surface area contributed by atoms with E-state index in [0.29, 0.717) is 15.6 Å². The summed E-state index contributed by atoms with van der Waals surface area (Å²) in [6, 6.07) is 4.86. The number of nitrogens with zero attached hydrogens (tertiary/aromatic N) is 1. The van der Waals surface area contributed by atoms with Crippen LogP contribution < -0.4 is 0 Å². The zero-order valence-electron chi connectivity index (χ0n) is 9.31. The van der Waals surface area contributed by atoms with Crippen LogP contribution in [0.2, 0.25) is 0 Å². The zero-order chi connectivity index (χ0) is 13.3. The predicted octanol–water partition coefficient (Wildman–Crippen LogP) is 3.00. The van der Waals surface area contributed by atoms with Gasteiger partial charge in [0.2, 0.25) is 0 Å². The van der Waals surface area contributed by atoms with Crippen molar-refractivity contribution in [2.45, 2.75) is 6.92 Å². The van der Waals surface area contributed by atoms with Crippen molar-refractivity contribution in [1.82, 2.24) is 4.98 Å². The van der Waals surface area contributed by atoms with Crippen molar-refractivity contribution in [1.29, 1.82) is 0 Å². The van der Waals surface area contributed by atoms with Crippen LogP contribution in [-0.4, -0.2) is 21.8 Å². The lowest BCUT2D eigenvalue weighted by Crippen LogP contribution is -1.99. The Labute approximate surface area is 111 Å². The number of hydrogen-bond donors (Lipinski definition) is 1. The molecule has 0 aliphatic carbocycles. The molecule has 0 aliphatic rings. The maximum Gasteiger partial charge on any atom is 0.358 e.